The van der Waals surface area contributed by atoms with Gasteiger partial charge in [0.25, 0.3) is 11.5 Å². The van der Waals surface area contributed by atoms with Crippen molar-refractivity contribution in [1.29, 1.82) is 0 Å². The Morgan fingerprint density at radius 2 is 2.11 bits per heavy atom. The Labute approximate surface area is 221 Å². The molecule has 0 fully saturated rings. The fourth-order valence-electron chi connectivity index (χ4n) is 5.14. The zero-order valence-corrected chi connectivity index (χ0v) is 21.5. The van der Waals surface area contributed by atoms with E-state index in [4.69, 9.17) is 0 Å². The van der Waals surface area contributed by atoms with Gasteiger partial charge in [-0.15, -0.1) is 11.3 Å². The Morgan fingerprint density at radius 3 is 2.95 bits per heavy atom. The summed E-state index contributed by atoms with van der Waals surface area (Å²) >= 11 is 1.52. The minimum absolute atomic E-state index is 0.252. The van der Waals surface area contributed by atoms with Gasteiger partial charge in [0.15, 0.2) is 11.4 Å². The number of nitrogens with one attached hydrogen (secondary N) is 3. The number of amides is 1. The molecule has 11 nitrogen and oxygen atoms in total. The highest BCUT2D eigenvalue weighted by molar-refractivity contribution is 7.10. The Morgan fingerprint density at radius 1 is 1.24 bits per heavy atom. The quantitative estimate of drug-likeness (QED) is 0.253. The molecule has 1 aliphatic carbocycles. The number of benzene rings is 1. The predicted molar refractivity (Wildman–Crippen MR) is 143 cm³/mol. The number of hydrogen-bond donors (Lipinski definition) is 5. The second kappa shape index (κ2) is 9.48. The molecule has 0 spiro atoms. The Kier molecular flexibility index (Phi) is 6.11. The molecule has 12 heteroatoms. The van der Waals surface area contributed by atoms with Crippen molar-refractivity contribution in [3.05, 3.63) is 73.8 Å². The van der Waals surface area contributed by atoms with Crippen molar-refractivity contribution in [2.24, 2.45) is 0 Å². The summed E-state index contributed by atoms with van der Waals surface area (Å²) in [4.78, 5) is 29.0. The van der Waals surface area contributed by atoms with E-state index in [-0.39, 0.29) is 5.69 Å². The van der Waals surface area contributed by atoms with Crippen LogP contribution in [-0.2, 0) is 36.5 Å². The van der Waals surface area contributed by atoms with Crippen molar-refractivity contribution < 1.29 is 15.0 Å². The van der Waals surface area contributed by atoms with Crippen LogP contribution in [-0.4, -0.2) is 54.6 Å². The monoisotopic (exact) mass is 533 g/mol. The van der Waals surface area contributed by atoms with Crippen LogP contribution >= 0.6 is 11.3 Å². The second-order valence-electron chi connectivity index (χ2n) is 9.66. The van der Waals surface area contributed by atoms with E-state index in [9.17, 15) is 19.8 Å². The first kappa shape index (κ1) is 24.5. The number of aryl methyl sites for hydroxylation is 1. The zero-order valence-electron chi connectivity index (χ0n) is 20.7. The van der Waals surface area contributed by atoms with E-state index < -0.39 is 23.7 Å². The fourth-order valence-corrected chi connectivity index (χ4v) is 6.09. The summed E-state index contributed by atoms with van der Waals surface area (Å²) in [6, 6.07) is 10.4. The smallest absolute Gasteiger partial charge is 0.287 e. The highest BCUT2D eigenvalue weighted by Crippen LogP contribution is 2.41. The number of aromatic amines is 1. The lowest BCUT2D eigenvalue weighted by Gasteiger charge is -2.23. The Hall–Kier alpha value is -3.84. The summed E-state index contributed by atoms with van der Waals surface area (Å²) in [6.07, 6.45) is 0.941. The highest BCUT2D eigenvalue weighted by Gasteiger charge is 2.44. The molecule has 2 aliphatic rings. The molecule has 4 aromatic rings. The van der Waals surface area contributed by atoms with Gasteiger partial charge in [0.2, 0.25) is 0 Å². The standard InChI is InChI=1S/C26H27N7O4S/c1-32-8-9-33-15(13-32)11-23(31-33)27-21-12-20(29-30-24(21)35)16-3-2-4-19(17(16)14-34)28-25(36)26(37)7-5-22-18(26)6-10-38-22/h2-4,6,10-12,34,37H,5,7-9,13-14H2,1H3,(H,28,36)(H,30,35)(H,27,29,31). The first-order chi connectivity index (χ1) is 18.4. The average Bonchev–Trinajstić information content (AvgIpc) is 3.62. The van der Waals surface area contributed by atoms with Crippen LogP contribution in [0.3, 0.4) is 0 Å². The Bertz CT molecular complexity index is 1590. The third-order valence-electron chi connectivity index (χ3n) is 7.19. The molecule has 1 aliphatic heterocycles. The van der Waals surface area contributed by atoms with Gasteiger partial charge < -0.3 is 20.8 Å². The van der Waals surface area contributed by atoms with Gasteiger partial charge >= 0.3 is 0 Å². The second-order valence-corrected chi connectivity index (χ2v) is 10.7. The van der Waals surface area contributed by atoms with E-state index in [0.717, 1.165) is 30.2 Å². The van der Waals surface area contributed by atoms with Crippen LogP contribution in [0.25, 0.3) is 11.3 Å². The molecule has 0 saturated carbocycles. The van der Waals surface area contributed by atoms with Gasteiger partial charge in [0.05, 0.1) is 24.5 Å². The average molecular weight is 534 g/mol. The fraction of sp³-hybridized carbons (Fsp3) is 0.308. The van der Waals surface area contributed by atoms with Crippen LogP contribution in [0, 0.1) is 0 Å². The zero-order chi connectivity index (χ0) is 26.4. The van der Waals surface area contributed by atoms with Gasteiger partial charge in [0, 0.05) is 46.4 Å². The van der Waals surface area contributed by atoms with E-state index in [0.29, 0.717) is 46.7 Å². The number of aliphatic hydroxyl groups is 2. The molecule has 0 radical (unpaired) electrons. The van der Waals surface area contributed by atoms with Gasteiger partial charge in [0.1, 0.15) is 5.69 Å². The molecule has 3 aromatic heterocycles. The predicted octanol–water partition coefficient (Wildman–Crippen LogP) is 2.15. The number of aliphatic hydroxyl groups excluding tert-OH is 1. The summed E-state index contributed by atoms with van der Waals surface area (Å²) < 4.78 is 1.92. The van der Waals surface area contributed by atoms with E-state index in [2.05, 4.69) is 30.8 Å². The third-order valence-corrected chi connectivity index (χ3v) is 8.17. The van der Waals surface area contributed by atoms with Crippen LogP contribution in [0.1, 0.15) is 28.1 Å². The van der Waals surface area contributed by atoms with E-state index in [1.165, 1.54) is 11.3 Å². The molecule has 1 unspecified atom stereocenters. The first-order valence-electron chi connectivity index (χ1n) is 12.3. The number of fused-ring (bicyclic) bond motifs is 2. The molecule has 4 heterocycles. The van der Waals surface area contributed by atoms with E-state index in [1.54, 1.807) is 30.3 Å². The number of rotatable bonds is 6. The van der Waals surface area contributed by atoms with Crippen LogP contribution in [0.15, 0.2) is 46.6 Å². The van der Waals surface area contributed by atoms with E-state index >= 15 is 0 Å². The van der Waals surface area contributed by atoms with Crippen LogP contribution in [0.5, 0.6) is 0 Å². The lowest BCUT2D eigenvalue weighted by Crippen LogP contribution is -2.38. The largest absolute Gasteiger partial charge is 0.392 e. The minimum Gasteiger partial charge on any atom is -0.392 e. The summed E-state index contributed by atoms with van der Waals surface area (Å²) in [7, 11) is 2.05. The molecule has 1 aromatic carbocycles. The topological polar surface area (TPSA) is 148 Å². The first-order valence-corrected chi connectivity index (χ1v) is 13.2. The molecule has 0 saturated heterocycles. The van der Waals surface area contributed by atoms with Crippen molar-refractivity contribution in [2.45, 2.75) is 38.1 Å². The lowest BCUT2D eigenvalue weighted by molar-refractivity contribution is -0.134. The van der Waals surface area contributed by atoms with Crippen molar-refractivity contribution in [3.8, 4) is 11.3 Å². The normalized spacial score (nSPS) is 18.7. The van der Waals surface area contributed by atoms with Gasteiger partial charge in [-0.25, -0.2) is 5.10 Å². The number of aromatic nitrogens is 4. The van der Waals surface area contributed by atoms with Gasteiger partial charge in [-0.2, -0.15) is 10.2 Å². The maximum absolute atomic E-state index is 13.2. The number of likely N-dealkylation sites (N-methyl/N-ethyl adjacent to an activating group) is 1. The molecule has 196 valence electrons. The number of thiophene rings is 1. The van der Waals surface area contributed by atoms with E-state index in [1.807, 2.05) is 23.2 Å². The maximum atomic E-state index is 13.2. The number of carbonyl (C=O) groups excluding carboxylic acids is 1. The maximum Gasteiger partial charge on any atom is 0.287 e. The van der Waals surface area contributed by atoms with Crippen molar-refractivity contribution >= 4 is 34.4 Å². The van der Waals surface area contributed by atoms with Gasteiger partial charge in [-0.05, 0) is 43.5 Å². The summed E-state index contributed by atoms with van der Waals surface area (Å²) in [6.45, 7) is 2.05. The molecule has 0 bridgehead atoms. The summed E-state index contributed by atoms with van der Waals surface area (Å²) in [5.74, 6) is 0.00614. The summed E-state index contributed by atoms with van der Waals surface area (Å²) in [5.41, 5.74) is 1.61. The number of hydrogen-bond acceptors (Lipinski definition) is 9. The molecule has 38 heavy (non-hydrogen) atoms. The van der Waals surface area contributed by atoms with Crippen LogP contribution in [0.2, 0.25) is 0 Å². The Balaban J connectivity index is 1.29. The SMILES string of the molecule is CN1CCn2nc(Nc3cc(-c4cccc(NC(=O)C5(O)CCc6sccc65)c4CO)n[nH]c3=O)cc2C1. The summed E-state index contributed by atoms with van der Waals surface area (Å²) in [5, 5.41) is 40.4. The van der Waals surface area contributed by atoms with Crippen LogP contribution in [0.4, 0.5) is 17.2 Å². The van der Waals surface area contributed by atoms with Crippen molar-refractivity contribution in [1.82, 2.24) is 24.9 Å². The van der Waals surface area contributed by atoms with Crippen LogP contribution < -0.4 is 16.2 Å². The molecular formula is C26H27N7O4S. The van der Waals surface area contributed by atoms with Gasteiger partial charge in [-0.3, -0.25) is 19.2 Å². The van der Waals surface area contributed by atoms with Gasteiger partial charge in [-0.1, -0.05) is 12.1 Å². The molecular weight excluding hydrogens is 506 g/mol. The number of anilines is 3. The molecule has 1 amide bonds. The lowest BCUT2D eigenvalue weighted by atomic mass is 9.96. The number of carbonyl (C=O) groups is 1. The molecule has 6 rings (SSSR count). The molecule has 5 N–H and O–H groups in total. The number of nitrogens with zero attached hydrogens (tertiary/aromatic N) is 4. The number of H-pyrrole nitrogens is 1. The highest BCUT2D eigenvalue weighted by atomic mass is 32.1. The third kappa shape index (κ3) is 4.21. The minimum atomic E-state index is -1.62. The molecule has 1 atom stereocenters. The van der Waals surface area contributed by atoms with Crippen molar-refractivity contribution in [2.75, 3.05) is 24.2 Å². The van der Waals surface area contributed by atoms with Crippen molar-refractivity contribution in [3.63, 3.8) is 0 Å².